The van der Waals surface area contributed by atoms with Crippen molar-refractivity contribution in [2.45, 2.75) is 57.9 Å². The predicted octanol–water partition coefficient (Wildman–Crippen LogP) is 3.47. The van der Waals surface area contributed by atoms with Gasteiger partial charge in [0, 0.05) is 13.0 Å². The molecule has 1 N–H and O–H groups in total. The first kappa shape index (κ1) is 23.3. The van der Waals surface area contributed by atoms with Gasteiger partial charge in [0.05, 0.1) is 0 Å². The summed E-state index contributed by atoms with van der Waals surface area (Å²) in [6.45, 7) is 5.85. The maximum atomic E-state index is 13.1. The summed E-state index contributed by atoms with van der Waals surface area (Å²) in [7, 11) is 0. The number of ether oxygens (including phenoxy) is 2. The first-order valence-electron chi connectivity index (χ1n) is 10.8. The number of hydrogen-bond donors (Lipinski definition) is 1. The molecule has 0 radical (unpaired) electrons. The van der Waals surface area contributed by atoms with E-state index in [9.17, 15) is 14.4 Å². The fourth-order valence-electron chi connectivity index (χ4n) is 3.58. The summed E-state index contributed by atoms with van der Waals surface area (Å²) in [5, 5.41) is 2.63. The van der Waals surface area contributed by atoms with Crippen LogP contribution in [0, 0.1) is 0 Å². The SMILES string of the molecule is CC(C)(C)OC(=O)[C@H](Cc1ccccc1)N1CC[C@H](NC(=O)OCc2ccccc2)C1=O. The second-order valence-electron chi connectivity index (χ2n) is 8.82. The van der Waals surface area contributed by atoms with Crippen LogP contribution in [0.5, 0.6) is 0 Å². The number of esters is 1. The second kappa shape index (κ2) is 10.3. The zero-order valence-corrected chi connectivity index (χ0v) is 18.7. The molecule has 1 saturated heterocycles. The fraction of sp³-hybridized carbons (Fsp3) is 0.400. The minimum Gasteiger partial charge on any atom is -0.458 e. The van der Waals surface area contributed by atoms with Gasteiger partial charge in [-0.15, -0.1) is 0 Å². The maximum Gasteiger partial charge on any atom is 0.408 e. The smallest absolute Gasteiger partial charge is 0.408 e. The van der Waals surface area contributed by atoms with Gasteiger partial charge in [-0.25, -0.2) is 9.59 Å². The van der Waals surface area contributed by atoms with Crippen LogP contribution in [0.4, 0.5) is 4.79 Å². The van der Waals surface area contributed by atoms with E-state index in [-0.39, 0.29) is 12.5 Å². The van der Waals surface area contributed by atoms with Crippen molar-refractivity contribution in [3.05, 3.63) is 71.8 Å². The van der Waals surface area contributed by atoms with Crippen molar-refractivity contribution in [1.82, 2.24) is 10.2 Å². The van der Waals surface area contributed by atoms with Crippen molar-refractivity contribution in [3.8, 4) is 0 Å². The molecule has 1 heterocycles. The van der Waals surface area contributed by atoms with Gasteiger partial charge in [-0.2, -0.15) is 0 Å². The summed E-state index contributed by atoms with van der Waals surface area (Å²) in [4.78, 5) is 39.7. The number of amides is 2. The fourth-order valence-corrected chi connectivity index (χ4v) is 3.58. The van der Waals surface area contributed by atoms with E-state index in [2.05, 4.69) is 5.32 Å². The molecule has 3 rings (SSSR count). The van der Waals surface area contributed by atoms with Crippen LogP contribution in [0.25, 0.3) is 0 Å². The molecule has 1 fully saturated rings. The summed E-state index contributed by atoms with van der Waals surface area (Å²) in [6.07, 6.45) is 0.0750. The Bertz CT molecular complexity index is 924. The van der Waals surface area contributed by atoms with E-state index >= 15 is 0 Å². The van der Waals surface area contributed by atoms with E-state index in [1.807, 2.05) is 60.7 Å². The van der Waals surface area contributed by atoms with E-state index in [0.717, 1.165) is 11.1 Å². The molecule has 0 unspecified atom stereocenters. The van der Waals surface area contributed by atoms with Gasteiger partial charge in [0.1, 0.15) is 24.3 Å². The van der Waals surface area contributed by atoms with Crippen LogP contribution in [-0.4, -0.2) is 47.1 Å². The number of carbonyl (C=O) groups is 3. The third-order valence-electron chi connectivity index (χ3n) is 5.07. The molecule has 0 aromatic heterocycles. The molecule has 170 valence electrons. The molecular formula is C25H30N2O5. The quantitative estimate of drug-likeness (QED) is 0.669. The molecule has 0 aliphatic carbocycles. The van der Waals surface area contributed by atoms with Crippen LogP contribution >= 0.6 is 0 Å². The van der Waals surface area contributed by atoms with E-state index in [4.69, 9.17) is 9.47 Å². The second-order valence-corrected chi connectivity index (χ2v) is 8.82. The Balaban J connectivity index is 1.64. The van der Waals surface area contributed by atoms with Gasteiger partial charge in [-0.1, -0.05) is 60.7 Å². The van der Waals surface area contributed by atoms with Crippen molar-refractivity contribution in [3.63, 3.8) is 0 Å². The standard InChI is InChI=1S/C25H30N2O5/c1-25(2,3)32-23(29)21(16-18-10-6-4-7-11-18)27-15-14-20(22(27)28)26-24(30)31-17-19-12-8-5-9-13-19/h4-13,20-21H,14-17H2,1-3H3,(H,26,30)/t20-,21-/m0/s1. The van der Waals surface area contributed by atoms with Gasteiger partial charge in [0.2, 0.25) is 5.91 Å². The van der Waals surface area contributed by atoms with Gasteiger partial charge < -0.3 is 19.7 Å². The van der Waals surface area contributed by atoms with Crippen molar-refractivity contribution >= 4 is 18.0 Å². The molecule has 2 amide bonds. The molecule has 32 heavy (non-hydrogen) atoms. The maximum absolute atomic E-state index is 13.1. The molecular weight excluding hydrogens is 408 g/mol. The highest BCUT2D eigenvalue weighted by molar-refractivity contribution is 5.91. The molecule has 1 aliphatic heterocycles. The molecule has 0 saturated carbocycles. The molecule has 0 bridgehead atoms. The average Bonchev–Trinajstić information content (AvgIpc) is 3.10. The third kappa shape index (κ3) is 6.57. The summed E-state index contributed by atoms with van der Waals surface area (Å²) in [5.74, 6) is -0.768. The highest BCUT2D eigenvalue weighted by atomic mass is 16.6. The largest absolute Gasteiger partial charge is 0.458 e. The molecule has 1 aliphatic rings. The van der Waals surface area contributed by atoms with Crippen LogP contribution in [0.15, 0.2) is 60.7 Å². The van der Waals surface area contributed by atoms with Crippen LogP contribution in [0.2, 0.25) is 0 Å². The molecule has 7 heteroatoms. The number of alkyl carbamates (subject to hydrolysis) is 1. The lowest BCUT2D eigenvalue weighted by Gasteiger charge is -2.30. The van der Waals surface area contributed by atoms with E-state index in [0.29, 0.717) is 19.4 Å². The Morgan fingerprint density at radius 3 is 2.22 bits per heavy atom. The van der Waals surface area contributed by atoms with Gasteiger partial charge in [-0.3, -0.25) is 4.79 Å². The average molecular weight is 439 g/mol. The Labute approximate surface area is 188 Å². The monoisotopic (exact) mass is 438 g/mol. The lowest BCUT2D eigenvalue weighted by atomic mass is 10.0. The zero-order chi connectivity index (χ0) is 23.1. The van der Waals surface area contributed by atoms with Crippen LogP contribution in [0.3, 0.4) is 0 Å². The van der Waals surface area contributed by atoms with E-state index < -0.39 is 29.7 Å². The number of likely N-dealkylation sites (tertiary alicyclic amines) is 1. The minimum absolute atomic E-state index is 0.117. The number of hydrogen-bond acceptors (Lipinski definition) is 5. The lowest BCUT2D eigenvalue weighted by molar-refractivity contribution is -0.163. The van der Waals surface area contributed by atoms with E-state index in [1.54, 1.807) is 20.8 Å². The Morgan fingerprint density at radius 1 is 1.03 bits per heavy atom. The third-order valence-corrected chi connectivity index (χ3v) is 5.07. The summed E-state index contributed by atoms with van der Waals surface area (Å²) in [5.41, 5.74) is 1.11. The van der Waals surface area contributed by atoms with Gasteiger partial charge >= 0.3 is 12.1 Å². The topological polar surface area (TPSA) is 84.9 Å². The van der Waals surface area contributed by atoms with Crippen molar-refractivity contribution < 1.29 is 23.9 Å². The van der Waals surface area contributed by atoms with Gasteiger partial charge in [-0.05, 0) is 38.3 Å². The first-order chi connectivity index (χ1) is 15.2. The molecule has 0 spiro atoms. The van der Waals surface area contributed by atoms with Crippen LogP contribution in [0.1, 0.15) is 38.3 Å². The number of nitrogens with zero attached hydrogens (tertiary/aromatic N) is 1. The number of benzene rings is 2. The first-order valence-corrected chi connectivity index (χ1v) is 10.8. The Hall–Kier alpha value is -3.35. The summed E-state index contributed by atoms with van der Waals surface area (Å²) >= 11 is 0. The zero-order valence-electron chi connectivity index (χ0n) is 18.7. The van der Waals surface area contributed by atoms with Crippen molar-refractivity contribution in [2.75, 3.05) is 6.54 Å². The Kier molecular flexibility index (Phi) is 7.51. The van der Waals surface area contributed by atoms with Gasteiger partial charge in [0.25, 0.3) is 0 Å². The van der Waals surface area contributed by atoms with E-state index in [1.165, 1.54) is 4.90 Å². The highest BCUT2D eigenvalue weighted by Crippen LogP contribution is 2.21. The van der Waals surface area contributed by atoms with Crippen LogP contribution in [-0.2, 0) is 32.1 Å². The molecule has 2 aromatic carbocycles. The van der Waals surface area contributed by atoms with Crippen molar-refractivity contribution in [1.29, 1.82) is 0 Å². The van der Waals surface area contributed by atoms with Crippen molar-refractivity contribution in [2.24, 2.45) is 0 Å². The Morgan fingerprint density at radius 2 is 1.62 bits per heavy atom. The normalized spacial score (nSPS) is 17.0. The van der Waals surface area contributed by atoms with Gasteiger partial charge in [0.15, 0.2) is 0 Å². The number of carbonyl (C=O) groups excluding carboxylic acids is 3. The lowest BCUT2D eigenvalue weighted by Crippen LogP contribution is -2.49. The molecule has 2 aromatic rings. The molecule has 7 nitrogen and oxygen atoms in total. The summed E-state index contributed by atoms with van der Waals surface area (Å²) in [6, 6.07) is 17.3. The summed E-state index contributed by atoms with van der Waals surface area (Å²) < 4.78 is 10.8. The number of rotatable bonds is 7. The molecule has 2 atom stereocenters. The highest BCUT2D eigenvalue weighted by Gasteiger charge is 2.41. The predicted molar refractivity (Wildman–Crippen MR) is 120 cm³/mol. The number of nitrogens with one attached hydrogen (secondary N) is 1. The minimum atomic E-state index is -0.767. The van der Waals surface area contributed by atoms with Crippen LogP contribution < -0.4 is 5.32 Å².